The van der Waals surface area contributed by atoms with E-state index < -0.39 is 5.82 Å². The van der Waals surface area contributed by atoms with Gasteiger partial charge in [0, 0.05) is 10.0 Å². The normalized spacial score (nSPS) is 10.8. The molecule has 3 aromatic rings. The number of hydrogen-bond acceptors (Lipinski definition) is 2. The number of fused-ring (bicyclic) bond motifs is 1. The SMILES string of the molecule is O=c1[nH]c(-c2ccc(Br)cc2)nc2ccc(F)cc12. The third-order valence-electron chi connectivity index (χ3n) is 2.79. The summed E-state index contributed by atoms with van der Waals surface area (Å²) in [5.74, 6) is 0.0211. The lowest BCUT2D eigenvalue weighted by atomic mass is 10.2. The highest BCUT2D eigenvalue weighted by molar-refractivity contribution is 9.10. The van der Waals surface area contributed by atoms with Gasteiger partial charge in [-0.1, -0.05) is 28.1 Å². The minimum absolute atomic E-state index is 0.251. The first-order chi connectivity index (χ1) is 9.13. The van der Waals surface area contributed by atoms with Gasteiger partial charge in [-0.15, -0.1) is 0 Å². The lowest BCUT2D eigenvalue weighted by Crippen LogP contribution is -2.09. The highest BCUT2D eigenvalue weighted by Gasteiger charge is 2.06. The molecule has 0 bridgehead atoms. The third-order valence-corrected chi connectivity index (χ3v) is 3.31. The largest absolute Gasteiger partial charge is 0.306 e. The summed E-state index contributed by atoms with van der Waals surface area (Å²) < 4.78 is 14.0. The summed E-state index contributed by atoms with van der Waals surface area (Å²) in [6, 6.07) is 11.4. The molecule has 0 unspecified atom stereocenters. The molecule has 94 valence electrons. The summed E-state index contributed by atoms with van der Waals surface area (Å²) in [7, 11) is 0. The lowest BCUT2D eigenvalue weighted by Gasteiger charge is -2.03. The van der Waals surface area contributed by atoms with Crippen molar-refractivity contribution >= 4 is 26.8 Å². The lowest BCUT2D eigenvalue weighted by molar-refractivity contribution is 0.629. The standard InChI is InChI=1S/C14H8BrFN2O/c15-9-3-1-8(2-4-9)13-17-12-6-5-10(16)7-11(12)14(19)18-13/h1-7H,(H,17,18,19). The zero-order valence-electron chi connectivity index (χ0n) is 9.65. The van der Waals surface area contributed by atoms with Crippen LogP contribution in [0.4, 0.5) is 4.39 Å². The van der Waals surface area contributed by atoms with Crippen LogP contribution < -0.4 is 5.56 Å². The van der Waals surface area contributed by atoms with Crippen LogP contribution in [0.5, 0.6) is 0 Å². The van der Waals surface area contributed by atoms with Crippen LogP contribution in [0.15, 0.2) is 51.7 Å². The molecule has 0 aliphatic rings. The predicted octanol–water partition coefficient (Wildman–Crippen LogP) is 3.49. The van der Waals surface area contributed by atoms with E-state index in [4.69, 9.17) is 0 Å². The molecule has 1 N–H and O–H groups in total. The van der Waals surface area contributed by atoms with Gasteiger partial charge in [0.15, 0.2) is 0 Å². The van der Waals surface area contributed by atoms with E-state index in [1.54, 1.807) is 0 Å². The first-order valence-corrected chi connectivity index (χ1v) is 6.38. The molecular formula is C14H8BrFN2O. The van der Waals surface area contributed by atoms with E-state index in [0.717, 1.165) is 10.0 Å². The quantitative estimate of drug-likeness (QED) is 0.746. The van der Waals surface area contributed by atoms with Crippen molar-refractivity contribution in [1.82, 2.24) is 9.97 Å². The molecule has 19 heavy (non-hydrogen) atoms. The Morgan fingerprint density at radius 3 is 2.58 bits per heavy atom. The Labute approximate surface area is 116 Å². The number of benzene rings is 2. The fourth-order valence-corrected chi connectivity index (χ4v) is 2.12. The molecule has 0 spiro atoms. The zero-order valence-corrected chi connectivity index (χ0v) is 11.2. The van der Waals surface area contributed by atoms with Gasteiger partial charge >= 0.3 is 0 Å². The number of aromatic nitrogens is 2. The molecule has 0 saturated carbocycles. The van der Waals surface area contributed by atoms with E-state index in [2.05, 4.69) is 25.9 Å². The maximum Gasteiger partial charge on any atom is 0.259 e. The number of nitrogens with one attached hydrogen (secondary N) is 1. The van der Waals surface area contributed by atoms with Gasteiger partial charge in [0.2, 0.25) is 0 Å². The van der Waals surface area contributed by atoms with Crippen LogP contribution >= 0.6 is 15.9 Å². The van der Waals surface area contributed by atoms with Gasteiger partial charge in [0.25, 0.3) is 5.56 Å². The molecule has 0 fully saturated rings. The fourth-order valence-electron chi connectivity index (χ4n) is 1.86. The van der Waals surface area contributed by atoms with E-state index >= 15 is 0 Å². The van der Waals surface area contributed by atoms with E-state index in [1.807, 2.05) is 24.3 Å². The highest BCUT2D eigenvalue weighted by atomic mass is 79.9. The third kappa shape index (κ3) is 2.29. The van der Waals surface area contributed by atoms with Crippen LogP contribution in [0.25, 0.3) is 22.3 Å². The van der Waals surface area contributed by atoms with Crippen LogP contribution in [-0.2, 0) is 0 Å². The predicted molar refractivity (Wildman–Crippen MR) is 75.5 cm³/mol. The Kier molecular flexibility index (Phi) is 2.91. The molecule has 0 amide bonds. The second kappa shape index (κ2) is 4.59. The Morgan fingerprint density at radius 1 is 1.11 bits per heavy atom. The van der Waals surface area contributed by atoms with Crippen molar-refractivity contribution in [2.45, 2.75) is 0 Å². The van der Waals surface area contributed by atoms with Crippen molar-refractivity contribution in [3.63, 3.8) is 0 Å². The van der Waals surface area contributed by atoms with Crippen LogP contribution in [0.1, 0.15) is 0 Å². The maximum atomic E-state index is 13.1. The van der Waals surface area contributed by atoms with Crippen LogP contribution in [0.2, 0.25) is 0 Å². The van der Waals surface area contributed by atoms with Gasteiger partial charge in [-0.2, -0.15) is 0 Å². The summed E-state index contributed by atoms with van der Waals surface area (Å²) >= 11 is 3.35. The zero-order chi connectivity index (χ0) is 13.4. The monoisotopic (exact) mass is 318 g/mol. The van der Waals surface area contributed by atoms with Crippen LogP contribution in [0, 0.1) is 5.82 Å². The van der Waals surface area contributed by atoms with Crippen molar-refractivity contribution in [1.29, 1.82) is 0 Å². The minimum Gasteiger partial charge on any atom is -0.306 e. The van der Waals surface area contributed by atoms with Crippen molar-refractivity contribution in [3.05, 3.63) is 63.1 Å². The first kappa shape index (κ1) is 12.0. The number of rotatable bonds is 1. The van der Waals surface area contributed by atoms with Crippen molar-refractivity contribution in [3.8, 4) is 11.4 Å². The molecule has 0 saturated heterocycles. The molecule has 0 aliphatic heterocycles. The molecule has 3 nitrogen and oxygen atoms in total. The smallest absolute Gasteiger partial charge is 0.259 e. The van der Waals surface area contributed by atoms with Crippen LogP contribution in [0.3, 0.4) is 0 Å². The molecule has 0 atom stereocenters. The summed E-state index contributed by atoms with van der Waals surface area (Å²) in [4.78, 5) is 18.9. The molecule has 3 rings (SSSR count). The van der Waals surface area contributed by atoms with E-state index in [9.17, 15) is 9.18 Å². The van der Waals surface area contributed by atoms with Gasteiger partial charge in [-0.25, -0.2) is 9.37 Å². The van der Waals surface area contributed by atoms with Crippen molar-refractivity contribution < 1.29 is 4.39 Å². The van der Waals surface area contributed by atoms with E-state index in [1.165, 1.54) is 18.2 Å². The van der Waals surface area contributed by atoms with Gasteiger partial charge in [0.05, 0.1) is 10.9 Å². The number of hydrogen-bond donors (Lipinski definition) is 1. The van der Waals surface area contributed by atoms with Crippen molar-refractivity contribution in [2.24, 2.45) is 0 Å². The summed E-state index contributed by atoms with van der Waals surface area (Å²) in [6.07, 6.45) is 0. The van der Waals surface area contributed by atoms with Crippen LogP contribution in [-0.4, -0.2) is 9.97 Å². The molecule has 1 aromatic heterocycles. The number of H-pyrrole nitrogens is 1. The van der Waals surface area contributed by atoms with E-state index in [-0.39, 0.29) is 10.9 Å². The van der Waals surface area contributed by atoms with Gasteiger partial charge in [-0.3, -0.25) is 4.79 Å². The van der Waals surface area contributed by atoms with Gasteiger partial charge in [0.1, 0.15) is 11.6 Å². The van der Waals surface area contributed by atoms with Crippen molar-refractivity contribution in [2.75, 3.05) is 0 Å². The number of nitrogens with zero attached hydrogens (tertiary/aromatic N) is 1. The average Bonchev–Trinajstić information content (AvgIpc) is 2.40. The number of aromatic amines is 1. The molecule has 1 heterocycles. The number of halogens is 2. The van der Waals surface area contributed by atoms with E-state index in [0.29, 0.717) is 11.3 Å². The second-order valence-corrected chi connectivity index (χ2v) is 5.00. The molecule has 0 aliphatic carbocycles. The Bertz CT molecular complexity index is 812. The Morgan fingerprint density at radius 2 is 1.84 bits per heavy atom. The fraction of sp³-hybridized carbons (Fsp3) is 0. The highest BCUT2D eigenvalue weighted by Crippen LogP contribution is 2.19. The average molecular weight is 319 g/mol. The molecular weight excluding hydrogens is 311 g/mol. The first-order valence-electron chi connectivity index (χ1n) is 5.59. The Balaban J connectivity index is 2.24. The second-order valence-electron chi connectivity index (χ2n) is 4.08. The maximum absolute atomic E-state index is 13.1. The van der Waals surface area contributed by atoms with Gasteiger partial charge in [-0.05, 0) is 30.3 Å². The molecule has 0 radical (unpaired) electrons. The minimum atomic E-state index is -0.448. The summed E-state index contributed by atoms with van der Waals surface area (Å²) in [6.45, 7) is 0. The summed E-state index contributed by atoms with van der Waals surface area (Å²) in [5, 5.41) is 0.251. The Hall–Kier alpha value is -2.01. The molecule has 5 heteroatoms. The topological polar surface area (TPSA) is 45.8 Å². The summed E-state index contributed by atoms with van der Waals surface area (Å²) in [5.41, 5.74) is 0.928. The van der Waals surface area contributed by atoms with Gasteiger partial charge < -0.3 is 4.98 Å². The molecule has 2 aromatic carbocycles.